The Kier molecular flexibility index (Phi) is 5.17. The highest BCUT2D eigenvalue weighted by Crippen LogP contribution is 2.27. The molecule has 0 radical (unpaired) electrons. The first-order valence-corrected chi connectivity index (χ1v) is 8.36. The minimum absolute atomic E-state index is 0.139. The van der Waals surface area contributed by atoms with E-state index in [1.807, 2.05) is 43.3 Å². The van der Waals surface area contributed by atoms with E-state index in [0.29, 0.717) is 5.56 Å². The Labute approximate surface area is 160 Å². The molecule has 3 rings (SSSR count). The second-order valence-electron chi connectivity index (χ2n) is 6.16. The number of hydrogen-bond acceptors (Lipinski definition) is 4. The van der Waals surface area contributed by atoms with Gasteiger partial charge in [0, 0.05) is 17.3 Å². The fraction of sp³-hybridized carbons (Fsp3) is 0.0476. The summed E-state index contributed by atoms with van der Waals surface area (Å²) in [6.07, 6.45) is 0. The first kappa shape index (κ1) is 18.8. The third-order valence-corrected chi connectivity index (χ3v) is 4.22. The highest BCUT2D eigenvalue weighted by Gasteiger charge is 2.21. The zero-order valence-electron chi connectivity index (χ0n) is 14.9. The van der Waals surface area contributed by atoms with E-state index >= 15 is 0 Å². The van der Waals surface area contributed by atoms with Crippen LogP contribution in [0.3, 0.4) is 0 Å². The number of benzene rings is 3. The monoisotopic (exact) mass is 376 g/mol. The molecule has 0 saturated heterocycles. The largest absolute Gasteiger partial charge is 0.477 e. The third-order valence-electron chi connectivity index (χ3n) is 4.22. The van der Waals surface area contributed by atoms with Gasteiger partial charge in [0.1, 0.15) is 5.56 Å². The number of rotatable bonds is 5. The van der Waals surface area contributed by atoms with Crippen molar-refractivity contribution in [1.29, 1.82) is 0 Å². The molecule has 0 aliphatic heterocycles. The maximum atomic E-state index is 12.8. The number of carbonyl (C=O) groups excluding carboxylic acids is 1. The van der Waals surface area contributed by atoms with Gasteiger partial charge in [-0.2, -0.15) is 0 Å². The van der Waals surface area contributed by atoms with Crippen LogP contribution in [-0.2, 0) is 0 Å². The molecule has 28 heavy (non-hydrogen) atoms. The Hall–Kier alpha value is -4.00. The lowest BCUT2D eigenvalue weighted by Gasteiger charge is -2.11. The van der Waals surface area contributed by atoms with Gasteiger partial charge in [-0.05, 0) is 36.2 Å². The highest BCUT2D eigenvalue weighted by molar-refractivity contribution is 6.09. The van der Waals surface area contributed by atoms with Crippen molar-refractivity contribution in [2.75, 3.05) is 5.32 Å². The highest BCUT2D eigenvalue weighted by atomic mass is 16.6. The van der Waals surface area contributed by atoms with E-state index in [2.05, 4.69) is 5.32 Å². The quantitative estimate of drug-likeness (QED) is 0.502. The number of carbonyl (C=O) groups is 2. The average Bonchev–Trinajstić information content (AvgIpc) is 2.68. The zero-order valence-corrected chi connectivity index (χ0v) is 14.9. The summed E-state index contributed by atoms with van der Waals surface area (Å²) >= 11 is 0. The van der Waals surface area contributed by atoms with E-state index in [-0.39, 0.29) is 5.69 Å². The van der Waals surface area contributed by atoms with Crippen LogP contribution in [0.25, 0.3) is 11.1 Å². The number of nitro groups is 1. The van der Waals surface area contributed by atoms with Crippen LogP contribution in [-0.4, -0.2) is 21.9 Å². The van der Waals surface area contributed by atoms with Crippen LogP contribution < -0.4 is 5.32 Å². The van der Waals surface area contributed by atoms with Crippen molar-refractivity contribution in [2.24, 2.45) is 0 Å². The van der Waals surface area contributed by atoms with Crippen LogP contribution >= 0.6 is 0 Å². The average molecular weight is 376 g/mol. The van der Waals surface area contributed by atoms with Crippen molar-refractivity contribution in [1.82, 2.24) is 0 Å². The van der Waals surface area contributed by atoms with Crippen LogP contribution in [0.5, 0.6) is 0 Å². The van der Waals surface area contributed by atoms with E-state index in [9.17, 15) is 19.7 Å². The number of nitrogens with one attached hydrogen (secondary N) is 1. The number of carboxylic acid groups (broad SMARTS) is 1. The van der Waals surface area contributed by atoms with Gasteiger partial charge < -0.3 is 10.4 Å². The van der Waals surface area contributed by atoms with E-state index < -0.39 is 28.1 Å². The molecule has 0 aliphatic rings. The molecule has 0 spiro atoms. The molecular weight excluding hydrogens is 360 g/mol. The topological polar surface area (TPSA) is 110 Å². The Morgan fingerprint density at radius 1 is 0.964 bits per heavy atom. The van der Waals surface area contributed by atoms with E-state index in [1.54, 1.807) is 12.1 Å². The molecular formula is C21H16N2O5. The minimum atomic E-state index is -1.41. The van der Waals surface area contributed by atoms with Crippen LogP contribution in [0.15, 0.2) is 66.7 Å². The van der Waals surface area contributed by atoms with Gasteiger partial charge in [0.05, 0.1) is 4.92 Å². The third kappa shape index (κ3) is 3.88. The fourth-order valence-corrected chi connectivity index (χ4v) is 2.81. The standard InChI is InChI=1S/C21H16N2O5/c1-13-6-8-14(9-7-13)16-4-2-3-5-17(16)20(24)22-15-10-11-18(21(25)26)19(12-15)23(27)28/h2-12H,1H3,(H,22,24)(H,25,26). The summed E-state index contributed by atoms with van der Waals surface area (Å²) in [6, 6.07) is 18.2. The molecule has 1 amide bonds. The number of hydrogen-bond donors (Lipinski definition) is 2. The number of anilines is 1. The van der Waals surface area contributed by atoms with E-state index in [0.717, 1.165) is 28.8 Å². The number of carboxylic acids is 1. The molecule has 7 heteroatoms. The first-order chi connectivity index (χ1) is 13.4. The summed E-state index contributed by atoms with van der Waals surface area (Å²) < 4.78 is 0. The second-order valence-corrected chi connectivity index (χ2v) is 6.16. The van der Waals surface area contributed by atoms with Gasteiger partial charge in [0.25, 0.3) is 11.6 Å². The number of aromatic carboxylic acids is 1. The second kappa shape index (κ2) is 7.71. The van der Waals surface area contributed by atoms with Gasteiger partial charge in [0.2, 0.25) is 0 Å². The maximum Gasteiger partial charge on any atom is 0.342 e. The normalized spacial score (nSPS) is 10.3. The van der Waals surface area contributed by atoms with Crippen molar-refractivity contribution < 1.29 is 19.6 Å². The smallest absolute Gasteiger partial charge is 0.342 e. The predicted octanol–water partition coefficient (Wildman–Crippen LogP) is 4.52. The number of nitro benzene ring substituents is 1. The number of amides is 1. The van der Waals surface area contributed by atoms with Gasteiger partial charge in [-0.25, -0.2) is 4.79 Å². The number of nitrogens with zero attached hydrogens (tertiary/aromatic N) is 1. The summed E-state index contributed by atoms with van der Waals surface area (Å²) in [6.45, 7) is 1.97. The van der Waals surface area contributed by atoms with Gasteiger partial charge in [-0.15, -0.1) is 0 Å². The van der Waals surface area contributed by atoms with Crippen LogP contribution in [0.1, 0.15) is 26.3 Å². The minimum Gasteiger partial charge on any atom is -0.477 e. The van der Waals surface area contributed by atoms with Gasteiger partial charge in [-0.3, -0.25) is 14.9 Å². The molecule has 3 aromatic rings. The van der Waals surface area contributed by atoms with Crippen LogP contribution in [0.2, 0.25) is 0 Å². The van der Waals surface area contributed by atoms with Crippen molar-refractivity contribution in [3.63, 3.8) is 0 Å². The van der Waals surface area contributed by atoms with E-state index in [4.69, 9.17) is 5.11 Å². The summed E-state index contributed by atoms with van der Waals surface area (Å²) in [5.41, 5.74) is 2.19. The molecule has 0 fully saturated rings. The molecule has 0 heterocycles. The molecule has 0 bridgehead atoms. The molecule has 0 aromatic heterocycles. The lowest BCUT2D eigenvalue weighted by molar-refractivity contribution is -0.385. The van der Waals surface area contributed by atoms with Crippen molar-refractivity contribution in [3.05, 3.63) is 93.5 Å². The first-order valence-electron chi connectivity index (χ1n) is 8.36. The van der Waals surface area contributed by atoms with Crippen molar-refractivity contribution >= 4 is 23.3 Å². The Morgan fingerprint density at radius 3 is 2.29 bits per heavy atom. The van der Waals surface area contributed by atoms with E-state index in [1.165, 1.54) is 6.07 Å². The summed E-state index contributed by atoms with van der Waals surface area (Å²) in [5.74, 6) is -1.86. The number of aryl methyl sites for hydroxylation is 1. The molecule has 2 N–H and O–H groups in total. The maximum absolute atomic E-state index is 12.8. The SMILES string of the molecule is Cc1ccc(-c2ccccc2C(=O)Nc2ccc(C(=O)O)c([N+](=O)[O-])c2)cc1. The summed E-state index contributed by atoms with van der Waals surface area (Å²) in [4.78, 5) is 34.2. The van der Waals surface area contributed by atoms with Crippen molar-refractivity contribution in [3.8, 4) is 11.1 Å². The molecule has 7 nitrogen and oxygen atoms in total. The fourth-order valence-electron chi connectivity index (χ4n) is 2.81. The van der Waals surface area contributed by atoms with Gasteiger partial charge >= 0.3 is 5.97 Å². The van der Waals surface area contributed by atoms with Crippen LogP contribution in [0, 0.1) is 17.0 Å². The predicted molar refractivity (Wildman–Crippen MR) is 105 cm³/mol. The van der Waals surface area contributed by atoms with Gasteiger partial charge in [0.15, 0.2) is 0 Å². The molecule has 3 aromatic carbocycles. The van der Waals surface area contributed by atoms with Gasteiger partial charge in [-0.1, -0.05) is 48.0 Å². The van der Waals surface area contributed by atoms with Crippen molar-refractivity contribution in [2.45, 2.75) is 6.92 Å². The molecule has 140 valence electrons. The molecule has 0 unspecified atom stereocenters. The summed E-state index contributed by atoms with van der Waals surface area (Å²) in [7, 11) is 0. The van der Waals surface area contributed by atoms with Crippen LogP contribution in [0.4, 0.5) is 11.4 Å². The molecule has 0 aliphatic carbocycles. The molecule has 0 atom stereocenters. The Morgan fingerprint density at radius 2 is 1.64 bits per heavy atom. The Balaban J connectivity index is 1.94. The lowest BCUT2D eigenvalue weighted by Crippen LogP contribution is -2.14. The lowest BCUT2D eigenvalue weighted by atomic mass is 9.98. The zero-order chi connectivity index (χ0) is 20.3. The molecule has 0 saturated carbocycles. The summed E-state index contributed by atoms with van der Waals surface area (Å²) in [5, 5.41) is 22.8. The Bertz CT molecular complexity index is 1070.